The lowest BCUT2D eigenvalue weighted by molar-refractivity contribution is 0.105. The Bertz CT molecular complexity index is 1100. The van der Waals surface area contributed by atoms with Crippen LogP contribution in [0.3, 0.4) is 0 Å². The van der Waals surface area contributed by atoms with E-state index in [4.69, 9.17) is 4.98 Å². The number of pyridine rings is 1. The molecule has 0 spiro atoms. The van der Waals surface area contributed by atoms with Crippen molar-refractivity contribution in [2.24, 2.45) is 0 Å². The zero-order valence-corrected chi connectivity index (χ0v) is 16.6. The average molecular weight is 367 g/mol. The third kappa shape index (κ3) is 3.34. The molecule has 3 aromatic rings. The molecule has 2 aromatic carbocycles. The van der Waals surface area contributed by atoms with Crippen molar-refractivity contribution in [3.8, 4) is 0 Å². The van der Waals surface area contributed by atoms with Gasteiger partial charge in [0.1, 0.15) is 0 Å². The molecule has 0 N–H and O–H groups in total. The molecule has 0 bridgehead atoms. The molecule has 0 saturated carbocycles. The van der Waals surface area contributed by atoms with Crippen molar-refractivity contribution in [3.05, 3.63) is 96.7 Å². The van der Waals surface area contributed by atoms with Crippen LogP contribution in [-0.4, -0.2) is 10.8 Å². The van der Waals surface area contributed by atoms with Gasteiger partial charge in [0.25, 0.3) is 0 Å². The molecule has 4 rings (SSSR count). The largest absolute Gasteiger partial charge is 0.288 e. The number of carbonyl (C=O) groups is 1. The number of Topliss-reactive ketones (excluding diaryl/α,β-unsaturated/α-hetero) is 1. The lowest BCUT2D eigenvalue weighted by atomic mass is 9.97. The van der Waals surface area contributed by atoms with Crippen LogP contribution in [0.2, 0.25) is 0 Å². The Morgan fingerprint density at radius 2 is 1.75 bits per heavy atom. The summed E-state index contributed by atoms with van der Waals surface area (Å²) in [7, 11) is 0. The van der Waals surface area contributed by atoms with Crippen LogP contribution < -0.4 is 0 Å². The van der Waals surface area contributed by atoms with E-state index < -0.39 is 0 Å². The Hall–Kier alpha value is -3.26. The SMILES string of the molecule is C=C.C=C(CCC)c1ccc2c(c1)C(=O)C(c1ccc3ccccc3n1)=C2C. The van der Waals surface area contributed by atoms with Gasteiger partial charge in [-0.25, -0.2) is 4.98 Å². The van der Waals surface area contributed by atoms with Crippen LogP contribution in [0.15, 0.2) is 74.3 Å². The summed E-state index contributed by atoms with van der Waals surface area (Å²) in [4.78, 5) is 17.9. The molecular formula is C26H25NO. The number of hydrogen-bond acceptors (Lipinski definition) is 2. The van der Waals surface area contributed by atoms with Gasteiger partial charge in [-0.15, -0.1) is 13.2 Å². The molecule has 28 heavy (non-hydrogen) atoms. The highest BCUT2D eigenvalue weighted by atomic mass is 16.1. The number of benzene rings is 2. The predicted octanol–water partition coefficient (Wildman–Crippen LogP) is 6.98. The summed E-state index contributed by atoms with van der Waals surface area (Å²) in [5.74, 6) is 0.0615. The Morgan fingerprint density at radius 1 is 1.00 bits per heavy atom. The van der Waals surface area contributed by atoms with Crippen LogP contribution >= 0.6 is 0 Å². The number of rotatable bonds is 4. The highest BCUT2D eigenvalue weighted by molar-refractivity contribution is 6.39. The number of hydrogen-bond donors (Lipinski definition) is 0. The van der Waals surface area contributed by atoms with Crippen molar-refractivity contribution in [3.63, 3.8) is 0 Å². The molecule has 2 heteroatoms. The number of allylic oxidation sites excluding steroid dienone is 3. The summed E-state index contributed by atoms with van der Waals surface area (Å²) in [6.45, 7) is 14.3. The fourth-order valence-corrected chi connectivity index (χ4v) is 3.68. The minimum atomic E-state index is 0.0615. The summed E-state index contributed by atoms with van der Waals surface area (Å²) < 4.78 is 0. The van der Waals surface area contributed by atoms with Crippen LogP contribution in [0.25, 0.3) is 27.6 Å². The van der Waals surface area contributed by atoms with E-state index in [-0.39, 0.29) is 5.78 Å². The van der Waals surface area contributed by atoms with Crippen molar-refractivity contribution >= 4 is 33.4 Å². The van der Waals surface area contributed by atoms with Gasteiger partial charge in [-0.2, -0.15) is 0 Å². The van der Waals surface area contributed by atoms with E-state index in [2.05, 4.69) is 32.7 Å². The molecule has 0 aliphatic heterocycles. The summed E-state index contributed by atoms with van der Waals surface area (Å²) in [6, 6.07) is 18.1. The van der Waals surface area contributed by atoms with E-state index in [1.807, 2.05) is 55.5 Å². The number of fused-ring (bicyclic) bond motifs is 2. The summed E-state index contributed by atoms with van der Waals surface area (Å²) in [5, 5.41) is 1.08. The van der Waals surface area contributed by atoms with Crippen molar-refractivity contribution < 1.29 is 4.79 Å². The minimum absolute atomic E-state index is 0.0615. The first-order chi connectivity index (χ1) is 13.6. The highest BCUT2D eigenvalue weighted by Gasteiger charge is 2.29. The molecule has 0 atom stereocenters. The second kappa shape index (κ2) is 8.18. The maximum Gasteiger partial charge on any atom is 0.196 e. The van der Waals surface area contributed by atoms with Crippen molar-refractivity contribution in [1.29, 1.82) is 0 Å². The van der Waals surface area contributed by atoms with Gasteiger partial charge in [0, 0.05) is 10.9 Å². The lowest BCUT2D eigenvalue weighted by Crippen LogP contribution is -2.01. The van der Waals surface area contributed by atoms with Gasteiger partial charge in [-0.1, -0.05) is 56.3 Å². The molecule has 0 amide bonds. The number of aromatic nitrogens is 1. The molecule has 1 aliphatic carbocycles. The topological polar surface area (TPSA) is 30.0 Å². The maximum atomic E-state index is 13.1. The van der Waals surface area contributed by atoms with Crippen LogP contribution in [0.5, 0.6) is 0 Å². The van der Waals surface area contributed by atoms with Crippen LogP contribution in [0.4, 0.5) is 0 Å². The Morgan fingerprint density at radius 3 is 2.50 bits per heavy atom. The van der Waals surface area contributed by atoms with Crippen molar-refractivity contribution in [2.75, 3.05) is 0 Å². The summed E-state index contributed by atoms with van der Waals surface area (Å²) in [6.07, 6.45) is 1.99. The van der Waals surface area contributed by atoms with Crippen molar-refractivity contribution in [1.82, 2.24) is 4.98 Å². The first-order valence-electron chi connectivity index (χ1n) is 9.54. The average Bonchev–Trinajstić information content (AvgIpc) is 2.99. The normalized spacial score (nSPS) is 12.6. The molecule has 1 aliphatic rings. The zero-order chi connectivity index (χ0) is 20.3. The van der Waals surface area contributed by atoms with Gasteiger partial charge < -0.3 is 0 Å². The Balaban J connectivity index is 0.00000109. The van der Waals surface area contributed by atoms with E-state index in [9.17, 15) is 4.79 Å². The first kappa shape index (κ1) is 19.5. The van der Waals surface area contributed by atoms with E-state index in [0.29, 0.717) is 5.57 Å². The third-order valence-corrected chi connectivity index (χ3v) is 5.08. The molecule has 0 fully saturated rings. The second-order valence-electron chi connectivity index (χ2n) is 6.83. The first-order valence-corrected chi connectivity index (χ1v) is 9.54. The minimum Gasteiger partial charge on any atom is -0.288 e. The van der Waals surface area contributed by atoms with Gasteiger partial charge in [-0.05, 0) is 53.8 Å². The zero-order valence-electron chi connectivity index (χ0n) is 16.6. The Labute approximate surface area is 166 Å². The van der Waals surface area contributed by atoms with Crippen LogP contribution in [0, 0.1) is 0 Å². The van der Waals surface area contributed by atoms with Gasteiger partial charge in [-0.3, -0.25) is 4.79 Å². The van der Waals surface area contributed by atoms with E-state index in [0.717, 1.165) is 57.3 Å². The molecular weight excluding hydrogens is 342 g/mol. The monoisotopic (exact) mass is 367 g/mol. The smallest absolute Gasteiger partial charge is 0.196 e. The fraction of sp³-hybridized carbons (Fsp3) is 0.154. The van der Waals surface area contributed by atoms with Gasteiger partial charge in [0.2, 0.25) is 0 Å². The van der Waals surface area contributed by atoms with Gasteiger partial charge >= 0.3 is 0 Å². The Kier molecular flexibility index (Phi) is 5.70. The van der Waals surface area contributed by atoms with Gasteiger partial charge in [0.05, 0.1) is 16.8 Å². The van der Waals surface area contributed by atoms with E-state index >= 15 is 0 Å². The number of nitrogens with zero attached hydrogens (tertiary/aromatic N) is 1. The fourth-order valence-electron chi connectivity index (χ4n) is 3.68. The standard InChI is InChI=1S/C24H21NO.C2H4/c1-4-7-15(2)18-10-12-19-16(3)23(24(26)20(19)14-18)22-13-11-17-8-5-6-9-21(17)25-22;1-2/h5-6,8-14H,2,4,7H2,1,3H3;1-2H2. The summed E-state index contributed by atoms with van der Waals surface area (Å²) >= 11 is 0. The third-order valence-electron chi connectivity index (χ3n) is 5.08. The molecule has 140 valence electrons. The van der Waals surface area contributed by atoms with E-state index in [1.54, 1.807) is 0 Å². The lowest BCUT2D eigenvalue weighted by Gasteiger charge is -2.07. The van der Waals surface area contributed by atoms with Crippen LogP contribution in [0.1, 0.15) is 53.9 Å². The molecule has 0 unspecified atom stereocenters. The second-order valence-corrected chi connectivity index (χ2v) is 6.83. The predicted molar refractivity (Wildman–Crippen MR) is 120 cm³/mol. The number of ketones is 1. The molecule has 0 radical (unpaired) electrons. The molecule has 0 saturated heterocycles. The quantitative estimate of drug-likeness (QED) is 0.466. The molecule has 1 heterocycles. The van der Waals surface area contributed by atoms with Crippen molar-refractivity contribution in [2.45, 2.75) is 26.7 Å². The van der Waals surface area contributed by atoms with Gasteiger partial charge in [0.15, 0.2) is 5.78 Å². The number of carbonyl (C=O) groups excluding carboxylic acids is 1. The number of para-hydroxylation sites is 1. The highest BCUT2D eigenvalue weighted by Crippen LogP contribution is 2.39. The maximum absolute atomic E-state index is 13.1. The summed E-state index contributed by atoms with van der Waals surface area (Å²) in [5.41, 5.74) is 7.28. The van der Waals surface area contributed by atoms with Crippen LogP contribution in [-0.2, 0) is 0 Å². The molecule has 2 nitrogen and oxygen atoms in total. The van der Waals surface area contributed by atoms with E-state index in [1.165, 1.54) is 0 Å². The molecule has 1 aromatic heterocycles.